The molecule has 6 heteroatoms. The van der Waals surface area contributed by atoms with Gasteiger partial charge in [-0.15, -0.1) is 11.3 Å². The fourth-order valence-electron chi connectivity index (χ4n) is 2.19. The number of ether oxygens (including phenoxy) is 2. The van der Waals surface area contributed by atoms with Crippen molar-refractivity contribution in [1.29, 1.82) is 0 Å². The van der Waals surface area contributed by atoms with Crippen LogP contribution in [0.5, 0.6) is 11.5 Å². The van der Waals surface area contributed by atoms with Crippen molar-refractivity contribution in [3.8, 4) is 22.8 Å². The van der Waals surface area contributed by atoms with Crippen LogP contribution in [-0.4, -0.2) is 31.7 Å². The number of aromatic nitrogens is 1. The Morgan fingerprint density at radius 2 is 2.12 bits per heavy atom. The minimum atomic E-state index is 0.582. The van der Waals surface area contributed by atoms with Crippen LogP contribution >= 0.6 is 11.3 Å². The maximum atomic E-state index is 5.53. The van der Waals surface area contributed by atoms with Crippen LogP contribution in [0.4, 0.5) is 0 Å². The number of benzene rings is 1. The van der Waals surface area contributed by atoms with Gasteiger partial charge in [0.1, 0.15) is 11.5 Å². The van der Waals surface area contributed by atoms with Crippen LogP contribution in [0.25, 0.3) is 11.3 Å². The molecule has 134 valence electrons. The summed E-state index contributed by atoms with van der Waals surface area (Å²) >= 11 is 1.55. The van der Waals surface area contributed by atoms with Crippen molar-refractivity contribution in [1.82, 2.24) is 4.68 Å². The van der Waals surface area contributed by atoms with Crippen LogP contribution in [0.15, 0.2) is 45.8 Å². The molecule has 0 aliphatic carbocycles. The Morgan fingerprint density at radius 3 is 2.76 bits per heavy atom. The van der Waals surface area contributed by atoms with Gasteiger partial charge in [0, 0.05) is 17.2 Å². The Kier molecular flexibility index (Phi) is 7.01. The molecule has 0 amide bonds. The number of unbranched alkanes of at least 4 members (excludes halogenated alkanes) is 1. The van der Waals surface area contributed by atoms with Crippen molar-refractivity contribution < 1.29 is 9.47 Å². The highest BCUT2D eigenvalue weighted by molar-refractivity contribution is 7.07. The van der Waals surface area contributed by atoms with Crippen molar-refractivity contribution in [2.24, 2.45) is 10.1 Å². The van der Waals surface area contributed by atoms with Crippen molar-refractivity contribution in [3.63, 3.8) is 0 Å². The van der Waals surface area contributed by atoms with Gasteiger partial charge in [-0.05, 0) is 31.5 Å². The second kappa shape index (κ2) is 9.22. The average Bonchev–Trinajstić information content (AvgIpc) is 3.02. The lowest BCUT2D eigenvalue weighted by Crippen LogP contribution is -2.13. The normalized spacial score (nSPS) is 11.9. The summed E-state index contributed by atoms with van der Waals surface area (Å²) in [5, 5.41) is 6.66. The molecule has 0 aliphatic heterocycles. The monoisotopic (exact) mass is 359 g/mol. The van der Waals surface area contributed by atoms with E-state index in [1.807, 2.05) is 41.4 Å². The Balaban J connectivity index is 2.61. The molecule has 0 bridgehead atoms. The maximum absolute atomic E-state index is 5.53. The van der Waals surface area contributed by atoms with Gasteiger partial charge in [-0.2, -0.15) is 5.10 Å². The molecule has 0 saturated carbocycles. The quantitative estimate of drug-likeness (QED) is 0.520. The third-order valence-corrected chi connectivity index (χ3v) is 4.32. The summed E-state index contributed by atoms with van der Waals surface area (Å²) in [7, 11) is 3.31. The van der Waals surface area contributed by atoms with Gasteiger partial charge in [0.15, 0.2) is 0 Å². The van der Waals surface area contributed by atoms with Gasteiger partial charge in [0.05, 0.1) is 26.5 Å². The first kappa shape index (κ1) is 19.0. The molecular formula is C19H25N3O2S. The number of nitrogens with zero attached hydrogens (tertiary/aromatic N) is 3. The van der Waals surface area contributed by atoms with Crippen molar-refractivity contribution in [2.45, 2.75) is 26.7 Å². The first-order chi connectivity index (χ1) is 12.1. The summed E-state index contributed by atoms with van der Waals surface area (Å²) < 4.78 is 12.8. The lowest BCUT2D eigenvalue weighted by Gasteiger charge is -2.11. The highest BCUT2D eigenvalue weighted by atomic mass is 32.1. The fraction of sp³-hybridized carbons (Fsp3) is 0.368. The predicted molar refractivity (Wildman–Crippen MR) is 105 cm³/mol. The molecule has 1 aromatic carbocycles. The van der Waals surface area contributed by atoms with E-state index in [-0.39, 0.29) is 0 Å². The molecule has 5 nitrogen and oxygen atoms in total. The van der Waals surface area contributed by atoms with E-state index in [4.69, 9.17) is 9.47 Å². The van der Waals surface area contributed by atoms with Gasteiger partial charge >= 0.3 is 0 Å². The molecule has 0 fully saturated rings. The second-order valence-corrected chi connectivity index (χ2v) is 6.48. The summed E-state index contributed by atoms with van der Waals surface area (Å²) in [5.41, 5.74) is 2.86. The third kappa shape index (κ3) is 4.82. The number of rotatable bonds is 8. The van der Waals surface area contributed by atoms with Gasteiger partial charge in [-0.25, -0.2) is 4.68 Å². The van der Waals surface area contributed by atoms with Crippen LogP contribution in [0, 0.1) is 0 Å². The van der Waals surface area contributed by atoms with Gasteiger partial charge in [-0.1, -0.05) is 25.5 Å². The zero-order valence-electron chi connectivity index (χ0n) is 15.3. The molecule has 25 heavy (non-hydrogen) atoms. The number of hydrogen-bond donors (Lipinski definition) is 0. The molecule has 0 spiro atoms. The molecule has 1 heterocycles. The second-order valence-electron chi connectivity index (χ2n) is 5.64. The van der Waals surface area contributed by atoms with E-state index in [2.05, 4.69) is 23.6 Å². The molecule has 0 N–H and O–H groups in total. The largest absolute Gasteiger partial charge is 0.497 e. The summed E-state index contributed by atoms with van der Waals surface area (Å²) in [4.78, 5) is 5.45. The lowest BCUT2D eigenvalue weighted by molar-refractivity contribution is 0.404. The SMILES string of the molecule is C=C(C)CN=c1scc(-c2cc(OC)ccc2OC)n1/N=C\CCC. The van der Waals surface area contributed by atoms with Gasteiger partial charge in [0.2, 0.25) is 4.80 Å². The van der Waals surface area contributed by atoms with E-state index in [1.54, 1.807) is 25.6 Å². The summed E-state index contributed by atoms with van der Waals surface area (Å²) in [6.45, 7) is 8.59. The van der Waals surface area contributed by atoms with E-state index in [1.165, 1.54) is 0 Å². The molecule has 2 rings (SSSR count). The van der Waals surface area contributed by atoms with Crippen molar-refractivity contribution in [2.75, 3.05) is 20.8 Å². The van der Waals surface area contributed by atoms with Gasteiger partial charge < -0.3 is 9.47 Å². The van der Waals surface area contributed by atoms with E-state index >= 15 is 0 Å². The molecule has 0 atom stereocenters. The van der Waals surface area contributed by atoms with Crippen LogP contribution in [0.3, 0.4) is 0 Å². The number of thiazole rings is 1. The van der Waals surface area contributed by atoms with E-state index < -0.39 is 0 Å². The minimum Gasteiger partial charge on any atom is -0.497 e. The highest BCUT2D eigenvalue weighted by Crippen LogP contribution is 2.33. The Labute approximate surface area is 153 Å². The van der Waals surface area contributed by atoms with Crippen LogP contribution in [0.2, 0.25) is 0 Å². The third-order valence-electron chi connectivity index (χ3n) is 3.47. The molecule has 0 aliphatic rings. The molecule has 2 aromatic rings. The van der Waals surface area contributed by atoms with Crippen LogP contribution in [-0.2, 0) is 0 Å². The van der Waals surface area contributed by atoms with Gasteiger partial charge in [-0.3, -0.25) is 4.99 Å². The van der Waals surface area contributed by atoms with Crippen LogP contribution < -0.4 is 14.3 Å². The Morgan fingerprint density at radius 1 is 1.32 bits per heavy atom. The highest BCUT2D eigenvalue weighted by Gasteiger charge is 2.13. The van der Waals surface area contributed by atoms with Crippen molar-refractivity contribution in [3.05, 3.63) is 40.5 Å². The fourth-order valence-corrected chi connectivity index (χ4v) is 3.02. The lowest BCUT2D eigenvalue weighted by atomic mass is 10.1. The predicted octanol–water partition coefficient (Wildman–Crippen LogP) is 4.34. The summed E-state index contributed by atoms with van der Waals surface area (Å²) in [6, 6.07) is 5.73. The average molecular weight is 359 g/mol. The van der Waals surface area contributed by atoms with Crippen molar-refractivity contribution >= 4 is 17.6 Å². The van der Waals surface area contributed by atoms with Crippen LogP contribution in [0.1, 0.15) is 26.7 Å². The van der Waals surface area contributed by atoms with E-state index in [0.29, 0.717) is 6.54 Å². The number of hydrogen-bond acceptors (Lipinski definition) is 5. The Bertz CT molecular complexity index is 818. The molecule has 0 unspecified atom stereocenters. The van der Waals surface area contributed by atoms with Gasteiger partial charge in [0.25, 0.3) is 0 Å². The molecule has 0 radical (unpaired) electrons. The smallest absolute Gasteiger partial charge is 0.206 e. The zero-order chi connectivity index (χ0) is 18.2. The first-order valence-corrected chi connectivity index (χ1v) is 9.09. The zero-order valence-corrected chi connectivity index (χ0v) is 16.1. The first-order valence-electron chi connectivity index (χ1n) is 8.21. The summed E-state index contributed by atoms with van der Waals surface area (Å²) in [6.07, 6.45) is 3.88. The molecule has 0 saturated heterocycles. The van der Waals surface area contributed by atoms with E-state index in [9.17, 15) is 0 Å². The summed E-state index contributed by atoms with van der Waals surface area (Å²) in [5.74, 6) is 1.54. The molecular weight excluding hydrogens is 334 g/mol. The molecule has 1 aromatic heterocycles. The Hall–Kier alpha value is -2.34. The standard InChI is InChI=1S/C19H25N3O2S/c1-6-7-10-21-22-17(13-25-19(22)20-12-14(2)3)16-11-15(23-4)8-9-18(16)24-5/h8-11,13H,2,6-7,12H2,1,3-5H3/b20-19?,21-10-. The number of methoxy groups -OCH3 is 2. The maximum Gasteiger partial charge on any atom is 0.206 e. The van der Waals surface area contributed by atoms with E-state index in [0.717, 1.165) is 46.0 Å². The minimum absolute atomic E-state index is 0.582. The topological polar surface area (TPSA) is 48.1 Å².